The Balaban J connectivity index is 2.69. The zero-order chi connectivity index (χ0) is 12.8. The fraction of sp³-hybridized carbons (Fsp3) is 0.333. The van der Waals surface area contributed by atoms with Gasteiger partial charge in [-0.1, -0.05) is 19.1 Å². The molecular weight excluding hydrogens is 252 g/mol. The van der Waals surface area contributed by atoms with Crippen LogP contribution in [0.3, 0.4) is 0 Å². The first-order valence-corrected chi connectivity index (χ1v) is 6.96. The van der Waals surface area contributed by atoms with Crippen LogP contribution in [0.4, 0.5) is 5.69 Å². The van der Waals surface area contributed by atoms with Gasteiger partial charge in [0.05, 0.1) is 10.9 Å². The maximum absolute atomic E-state index is 11.9. The van der Waals surface area contributed by atoms with Crippen molar-refractivity contribution in [2.75, 3.05) is 11.6 Å². The van der Waals surface area contributed by atoms with E-state index >= 15 is 0 Å². The monoisotopic (exact) mass is 268 g/mol. The van der Waals surface area contributed by atoms with Gasteiger partial charge in [-0.05, 0) is 36.9 Å². The SMILES string of the molecule is CCC(C(=O)Nc1ccc(SC)cc1)C(N)=S. The molecule has 1 atom stereocenters. The van der Waals surface area contributed by atoms with Gasteiger partial charge < -0.3 is 11.1 Å². The summed E-state index contributed by atoms with van der Waals surface area (Å²) >= 11 is 6.52. The van der Waals surface area contributed by atoms with E-state index in [1.165, 1.54) is 0 Å². The number of benzene rings is 1. The lowest BCUT2D eigenvalue weighted by Crippen LogP contribution is -2.32. The maximum Gasteiger partial charge on any atom is 0.234 e. The number of hydrogen-bond acceptors (Lipinski definition) is 3. The number of nitrogens with one attached hydrogen (secondary N) is 1. The molecule has 5 heteroatoms. The number of anilines is 1. The van der Waals surface area contributed by atoms with Gasteiger partial charge in [0.25, 0.3) is 0 Å². The van der Waals surface area contributed by atoms with E-state index in [1.807, 2.05) is 37.4 Å². The third-order valence-electron chi connectivity index (χ3n) is 2.43. The van der Waals surface area contributed by atoms with Gasteiger partial charge in [-0.25, -0.2) is 0 Å². The van der Waals surface area contributed by atoms with E-state index in [9.17, 15) is 4.79 Å². The van der Waals surface area contributed by atoms with E-state index in [0.717, 1.165) is 10.6 Å². The molecule has 0 radical (unpaired) electrons. The second-order valence-electron chi connectivity index (χ2n) is 3.58. The van der Waals surface area contributed by atoms with Crippen molar-refractivity contribution in [3.63, 3.8) is 0 Å². The van der Waals surface area contributed by atoms with Crippen LogP contribution in [0.2, 0.25) is 0 Å². The molecule has 1 aromatic rings. The fourth-order valence-electron chi connectivity index (χ4n) is 1.42. The third kappa shape index (κ3) is 4.02. The molecular formula is C12H16N2OS2. The van der Waals surface area contributed by atoms with Gasteiger partial charge in [0.1, 0.15) is 0 Å². The molecule has 3 nitrogen and oxygen atoms in total. The predicted molar refractivity (Wildman–Crippen MR) is 77.4 cm³/mol. The molecule has 3 N–H and O–H groups in total. The van der Waals surface area contributed by atoms with Crippen LogP contribution in [0.5, 0.6) is 0 Å². The number of hydrogen-bond donors (Lipinski definition) is 2. The maximum atomic E-state index is 11.9. The van der Waals surface area contributed by atoms with E-state index < -0.39 is 5.92 Å². The number of rotatable bonds is 5. The van der Waals surface area contributed by atoms with Gasteiger partial charge in [0.2, 0.25) is 5.91 Å². The number of carbonyl (C=O) groups is 1. The highest BCUT2D eigenvalue weighted by molar-refractivity contribution is 7.98. The largest absolute Gasteiger partial charge is 0.393 e. The van der Waals surface area contributed by atoms with Crippen molar-refractivity contribution in [1.82, 2.24) is 0 Å². The molecule has 0 aromatic heterocycles. The lowest BCUT2D eigenvalue weighted by molar-refractivity contribution is -0.118. The molecule has 0 spiro atoms. The van der Waals surface area contributed by atoms with E-state index in [0.29, 0.717) is 6.42 Å². The second-order valence-corrected chi connectivity index (χ2v) is 4.93. The van der Waals surface area contributed by atoms with Crippen LogP contribution in [0, 0.1) is 5.92 Å². The van der Waals surface area contributed by atoms with E-state index in [4.69, 9.17) is 18.0 Å². The van der Waals surface area contributed by atoms with Crippen molar-refractivity contribution < 1.29 is 4.79 Å². The Labute approximate surface area is 111 Å². The predicted octanol–water partition coefficient (Wildman–Crippen LogP) is 2.66. The molecule has 1 unspecified atom stereocenters. The summed E-state index contributed by atoms with van der Waals surface area (Å²) in [6.45, 7) is 1.89. The zero-order valence-electron chi connectivity index (χ0n) is 9.90. The standard InChI is InChI=1S/C12H16N2OS2/c1-3-10(11(13)16)12(15)14-8-4-6-9(17-2)7-5-8/h4-7,10H,3H2,1-2H3,(H2,13,16)(H,14,15). The highest BCUT2D eigenvalue weighted by Gasteiger charge is 2.18. The first-order chi connectivity index (χ1) is 8.08. The first-order valence-electron chi connectivity index (χ1n) is 5.32. The molecule has 1 rings (SSSR count). The summed E-state index contributed by atoms with van der Waals surface area (Å²) in [6, 6.07) is 7.66. The zero-order valence-corrected chi connectivity index (χ0v) is 11.5. The van der Waals surface area contributed by atoms with Crippen molar-refractivity contribution in [3.8, 4) is 0 Å². The smallest absolute Gasteiger partial charge is 0.234 e. The highest BCUT2D eigenvalue weighted by atomic mass is 32.2. The Bertz CT molecular complexity index is 403. The van der Waals surface area contributed by atoms with Crippen LogP contribution in [0.15, 0.2) is 29.2 Å². The average molecular weight is 268 g/mol. The molecule has 1 amide bonds. The highest BCUT2D eigenvalue weighted by Crippen LogP contribution is 2.18. The Kier molecular flexibility index (Phi) is 5.44. The summed E-state index contributed by atoms with van der Waals surface area (Å²) in [5, 5.41) is 2.81. The van der Waals surface area contributed by atoms with Crippen LogP contribution in [-0.2, 0) is 4.79 Å². The molecule has 0 aliphatic rings. The van der Waals surface area contributed by atoms with Crippen molar-refractivity contribution in [3.05, 3.63) is 24.3 Å². The number of thiocarbonyl (C=S) groups is 1. The van der Waals surface area contributed by atoms with E-state index in [-0.39, 0.29) is 10.9 Å². The average Bonchev–Trinajstić information content (AvgIpc) is 2.30. The van der Waals surface area contributed by atoms with Crippen LogP contribution in [0.1, 0.15) is 13.3 Å². The normalized spacial score (nSPS) is 11.9. The Morgan fingerprint density at radius 3 is 2.47 bits per heavy atom. The van der Waals surface area contributed by atoms with Crippen LogP contribution in [-0.4, -0.2) is 17.2 Å². The molecule has 0 aliphatic heterocycles. The number of amides is 1. The third-order valence-corrected chi connectivity index (χ3v) is 3.45. The summed E-state index contributed by atoms with van der Waals surface area (Å²) in [7, 11) is 0. The molecule has 1 aromatic carbocycles. The van der Waals surface area contributed by atoms with Gasteiger partial charge >= 0.3 is 0 Å². The summed E-state index contributed by atoms with van der Waals surface area (Å²) in [5.41, 5.74) is 6.28. The molecule has 0 bridgehead atoms. The van der Waals surface area contributed by atoms with Crippen molar-refractivity contribution in [2.24, 2.45) is 11.7 Å². The minimum Gasteiger partial charge on any atom is -0.393 e. The topological polar surface area (TPSA) is 55.1 Å². The Hall–Kier alpha value is -1.07. The molecule has 0 saturated heterocycles. The van der Waals surface area contributed by atoms with Crippen LogP contribution in [0.25, 0.3) is 0 Å². The van der Waals surface area contributed by atoms with Gasteiger partial charge in [-0.2, -0.15) is 0 Å². The van der Waals surface area contributed by atoms with Crippen LogP contribution >= 0.6 is 24.0 Å². The molecule has 0 heterocycles. The lowest BCUT2D eigenvalue weighted by Gasteiger charge is -2.13. The molecule has 0 aliphatic carbocycles. The number of thioether (sulfide) groups is 1. The Morgan fingerprint density at radius 1 is 1.47 bits per heavy atom. The number of nitrogens with two attached hydrogens (primary N) is 1. The van der Waals surface area contributed by atoms with Gasteiger partial charge in [-0.15, -0.1) is 11.8 Å². The summed E-state index contributed by atoms with van der Waals surface area (Å²) in [4.78, 5) is 13.3. The molecule has 17 heavy (non-hydrogen) atoms. The Morgan fingerprint density at radius 2 is 2.06 bits per heavy atom. The quantitative estimate of drug-likeness (QED) is 0.637. The van der Waals surface area contributed by atoms with Crippen molar-refractivity contribution in [1.29, 1.82) is 0 Å². The minimum atomic E-state index is -0.398. The van der Waals surface area contributed by atoms with Crippen molar-refractivity contribution in [2.45, 2.75) is 18.2 Å². The number of carbonyl (C=O) groups excluding carboxylic acids is 1. The van der Waals surface area contributed by atoms with Crippen LogP contribution < -0.4 is 11.1 Å². The summed E-state index contributed by atoms with van der Waals surface area (Å²) < 4.78 is 0. The molecule has 92 valence electrons. The second kappa shape index (κ2) is 6.61. The fourth-order valence-corrected chi connectivity index (χ4v) is 2.10. The molecule has 0 fully saturated rings. The van der Waals surface area contributed by atoms with E-state index in [1.54, 1.807) is 11.8 Å². The van der Waals surface area contributed by atoms with Gasteiger partial charge in [0.15, 0.2) is 0 Å². The summed E-state index contributed by atoms with van der Waals surface area (Å²) in [6.07, 6.45) is 2.62. The first kappa shape index (κ1) is 14.0. The lowest BCUT2D eigenvalue weighted by atomic mass is 10.1. The van der Waals surface area contributed by atoms with Crippen molar-refractivity contribution >= 4 is 40.6 Å². The summed E-state index contributed by atoms with van der Waals surface area (Å²) in [5.74, 6) is -0.540. The van der Waals surface area contributed by atoms with E-state index in [2.05, 4.69) is 5.32 Å². The van der Waals surface area contributed by atoms with Gasteiger partial charge in [-0.3, -0.25) is 4.79 Å². The minimum absolute atomic E-state index is 0.142. The molecule has 0 saturated carbocycles. The van der Waals surface area contributed by atoms with Gasteiger partial charge in [0, 0.05) is 10.6 Å².